The lowest BCUT2D eigenvalue weighted by Crippen LogP contribution is -2.11. The fourth-order valence-corrected chi connectivity index (χ4v) is 2.37. The Morgan fingerprint density at radius 3 is 2.25 bits per heavy atom. The summed E-state index contributed by atoms with van der Waals surface area (Å²) in [4.78, 5) is 11.8. The summed E-state index contributed by atoms with van der Waals surface area (Å²) in [6.07, 6.45) is 6.25. The minimum absolute atomic E-state index is 0.101. The van der Waals surface area contributed by atoms with Crippen LogP contribution in [-0.4, -0.2) is 20.0 Å². The summed E-state index contributed by atoms with van der Waals surface area (Å²) in [6.45, 7) is 1.51. The molecule has 5 heteroatoms. The number of hydrogen-bond donors (Lipinski definition) is 0. The van der Waals surface area contributed by atoms with Crippen LogP contribution in [0.2, 0.25) is 0 Å². The SMILES string of the molecule is CCS(=O)(=O)Oc1cccc(C=CC(=O)C=Cc2ccccc2)c1. The van der Waals surface area contributed by atoms with Gasteiger partial charge in [-0.1, -0.05) is 54.6 Å². The van der Waals surface area contributed by atoms with Crippen molar-refractivity contribution in [2.75, 3.05) is 5.75 Å². The third-order valence-corrected chi connectivity index (χ3v) is 4.27. The molecular weight excluding hydrogens is 324 g/mol. The van der Waals surface area contributed by atoms with E-state index in [9.17, 15) is 13.2 Å². The molecule has 0 radical (unpaired) electrons. The molecule has 0 unspecified atom stereocenters. The van der Waals surface area contributed by atoms with Gasteiger partial charge in [0.25, 0.3) is 0 Å². The Labute approximate surface area is 142 Å². The van der Waals surface area contributed by atoms with Crippen molar-refractivity contribution in [3.8, 4) is 5.75 Å². The summed E-state index contributed by atoms with van der Waals surface area (Å²) in [7, 11) is -3.56. The highest BCUT2D eigenvalue weighted by atomic mass is 32.2. The monoisotopic (exact) mass is 342 g/mol. The van der Waals surface area contributed by atoms with Crippen molar-refractivity contribution in [3.63, 3.8) is 0 Å². The van der Waals surface area contributed by atoms with Gasteiger partial charge in [-0.3, -0.25) is 4.79 Å². The first-order chi connectivity index (χ1) is 11.5. The number of carbonyl (C=O) groups is 1. The van der Waals surface area contributed by atoms with Gasteiger partial charge in [0.05, 0.1) is 5.75 Å². The van der Waals surface area contributed by atoms with Gasteiger partial charge in [0, 0.05) is 0 Å². The van der Waals surface area contributed by atoms with Crippen LogP contribution in [-0.2, 0) is 14.9 Å². The largest absolute Gasteiger partial charge is 0.382 e. The minimum Gasteiger partial charge on any atom is -0.382 e. The van der Waals surface area contributed by atoms with Crippen LogP contribution in [0, 0.1) is 0 Å². The van der Waals surface area contributed by atoms with Crippen LogP contribution in [0.1, 0.15) is 18.1 Å². The van der Waals surface area contributed by atoms with Crippen LogP contribution in [0.5, 0.6) is 5.75 Å². The van der Waals surface area contributed by atoms with E-state index in [1.165, 1.54) is 19.1 Å². The summed E-state index contributed by atoms with van der Waals surface area (Å²) >= 11 is 0. The Morgan fingerprint density at radius 2 is 1.58 bits per heavy atom. The zero-order valence-corrected chi connectivity index (χ0v) is 14.1. The lowest BCUT2D eigenvalue weighted by molar-refractivity contribution is -0.110. The lowest BCUT2D eigenvalue weighted by Gasteiger charge is -2.05. The molecule has 0 spiro atoms. The number of allylic oxidation sites excluding steroid dienone is 2. The van der Waals surface area contributed by atoms with Crippen LogP contribution in [0.25, 0.3) is 12.2 Å². The molecule has 0 aliphatic carbocycles. The van der Waals surface area contributed by atoms with Crippen molar-refractivity contribution in [1.82, 2.24) is 0 Å². The Kier molecular flexibility index (Phi) is 6.09. The molecule has 0 fully saturated rings. The molecule has 0 atom stereocenters. The second kappa shape index (κ2) is 8.26. The quantitative estimate of drug-likeness (QED) is 0.568. The second-order valence-corrected chi connectivity index (χ2v) is 6.84. The van der Waals surface area contributed by atoms with Crippen molar-refractivity contribution in [1.29, 1.82) is 0 Å². The van der Waals surface area contributed by atoms with Gasteiger partial charge in [-0.15, -0.1) is 0 Å². The maximum atomic E-state index is 11.8. The van der Waals surface area contributed by atoms with E-state index in [0.717, 1.165) is 5.56 Å². The minimum atomic E-state index is -3.56. The fraction of sp³-hybridized carbons (Fsp3) is 0.105. The first-order valence-electron chi connectivity index (χ1n) is 7.46. The molecule has 24 heavy (non-hydrogen) atoms. The lowest BCUT2D eigenvalue weighted by atomic mass is 10.1. The first-order valence-corrected chi connectivity index (χ1v) is 9.03. The molecule has 2 aromatic carbocycles. The molecule has 0 saturated carbocycles. The molecule has 0 aliphatic rings. The summed E-state index contributed by atoms with van der Waals surface area (Å²) in [5.41, 5.74) is 1.62. The van der Waals surface area contributed by atoms with E-state index in [-0.39, 0.29) is 17.3 Å². The van der Waals surface area contributed by atoms with Gasteiger partial charge in [-0.25, -0.2) is 0 Å². The van der Waals surface area contributed by atoms with Gasteiger partial charge in [0.2, 0.25) is 0 Å². The second-order valence-electron chi connectivity index (χ2n) is 4.98. The molecule has 0 amide bonds. The Morgan fingerprint density at radius 1 is 0.958 bits per heavy atom. The molecule has 4 nitrogen and oxygen atoms in total. The standard InChI is InChI=1S/C19H18O4S/c1-2-24(21,22)23-19-10-6-9-17(15-19)12-14-18(20)13-11-16-7-4-3-5-8-16/h3-15H,2H2,1H3. The highest BCUT2D eigenvalue weighted by molar-refractivity contribution is 7.87. The summed E-state index contributed by atoms with van der Waals surface area (Å²) in [5, 5.41) is 0. The smallest absolute Gasteiger partial charge is 0.308 e. The number of carbonyl (C=O) groups excluding carboxylic acids is 1. The summed E-state index contributed by atoms with van der Waals surface area (Å²) < 4.78 is 27.9. The molecule has 2 aromatic rings. The van der Waals surface area contributed by atoms with Gasteiger partial charge in [0.15, 0.2) is 5.78 Å². The summed E-state index contributed by atoms with van der Waals surface area (Å²) in [5.74, 6) is -0.0341. The molecular formula is C19H18O4S. The highest BCUT2D eigenvalue weighted by Crippen LogP contribution is 2.16. The van der Waals surface area contributed by atoms with E-state index in [2.05, 4.69) is 0 Å². The van der Waals surface area contributed by atoms with Crippen molar-refractivity contribution in [3.05, 3.63) is 77.9 Å². The van der Waals surface area contributed by atoms with Gasteiger partial charge in [-0.05, 0) is 42.3 Å². The predicted octanol–water partition coefficient (Wildman–Crippen LogP) is 3.71. The molecule has 124 valence electrons. The van der Waals surface area contributed by atoms with Crippen LogP contribution in [0.3, 0.4) is 0 Å². The third-order valence-electron chi connectivity index (χ3n) is 3.11. The van der Waals surface area contributed by atoms with Crippen LogP contribution >= 0.6 is 0 Å². The third kappa shape index (κ3) is 5.85. The van der Waals surface area contributed by atoms with Crippen LogP contribution < -0.4 is 4.18 Å². The molecule has 0 bridgehead atoms. The fourth-order valence-electron chi connectivity index (χ4n) is 1.85. The maximum absolute atomic E-state index is 11.8. The first kappa shape index (κ1) is 17.7. The molecule has 0 N–H and O–H groups in total. The highest BCUT2D eigenvalue weighted by Gasteiger charge is 2.08. The number of hydrogen-bond acceptors (Lipinski definition) is 4. The topological polar surface area (TPSA) is 60.4 Å². The number of ketones is 1. The van der Waals surface area contributed by atoms with E-state index in [1.807, 2.05) is 30.3 Å². The van der Waals surface area contributed by atoms with Gasteiger partial charge in [-0.2, -0.15) is 8.42 Å². The maximum Gasteiger partial charge on any atom is 0.308 e. The van der Waals surface area contributed by atoms with Crippen LogP contribution in [0.4, 0.5) is 0 Å². The Bertz CT molecular complexity index is 850. The zero-order chi connectivity index (χ0) is 17.4. The zero-order valence-electron chi connectivity index (χ0n) is 13.3. The average molecular weight is 342 g/mol. The molecule has 0 aromatic heterocycles. The van der Waals surface area contributed by atoms with E-state index in [4.69, 9.17) is 4.18 Å². The van der Waals surface area contributed by atoms with Gasteiger partial charge in [0.1, 0.15) is 5.75 Å². The molecule has 0 saturated heterocycles. The average Bonchev–Trinajstić information content (AvgIpc) is 2.59. The molecule has 0 aliphatic heterocycles. The van der Waals surface area contributed by atoms with Crippen molar-refractivity contribution in [2.45, 2.75) is 6.92 Å². The van der Waals surface area contributed by atoms with Crippen molar-refractivity contribution >= 4 is 28.1 Å². The summed E-state index contributed by atoms with van der Waals surface area (Å²) in [6, 6.07) is 16.1. The van der Waals surface area contributed by atoms with E-state index in [0.29, 0.717) is 5.56 Å². The van der Waals surface area contributed by atoms with Crippen molar-refractivity contribution < 1.29 is 17.4 Å². The van der Waals surface area contributed by atoms with Gasteiger partial charge < -0.3 is 4.18 Å². The van der Waals surface area contributed by atoms with E-state index >= 15 is 0 Å². The van der Waals surface area contributed by atoms with E-state index in [1.54, 1.807) is 36.4 Å². The van der Waals surface area contributed by atoms with Crippen molar-refractivity contribution in [2.24, 2.45) is 0 Å². The van der Waals surface area contributed by atoms with Crippen LogP contribution in [0.15, 0.2) is 66.7 Å². The Hall–Kier alpha value is -2.66. The molecule has 2 rings (SSSR count). The Balaban J connectivity index is 2.03. The number of benzene rings is 2. The normalized spacial score (nSPS) is 11.9. The van der Waals surface area contributed by atoms with E-state index < -0.39 is 10.1 Å². The number of rotatable bonds is 7. The van der Waals surface area contributed by atoms with Gasteiger partial charge >= 0.3 is 10.1 Å². The molecule has 0 heterocycles. The predicted molar refractivity (Wildman–Crippen MR) is 96.0 cm³/mol.